The Morgan fingerprint density at radius 1 is 1.36 bits per heavy atom. The highest BCUT2D eigenvalue weighted by Crippen LogP contribution is 2.23. The molecule has 82 valence electrons. The van der Waals surface area contributed by atoms with Crippen LogP contribution >= 0.6 is 0 Å². The van der Waals surface area contributed by atoms with Gasteiger partial charge < -0.3 is 14.7 Å². The molecule has 0 radical (unpaired) electrons. The van der Waals surface area contributed by atoms with Gasteiger partial charge in [0, 0.05) is 24.8 Å². The van der Waals surface area contributed by atoms with E-state index in [1.165, 1.54) is 0 Å². The number of carbonyl (C=O) groups is 1. The summed E-state index contributed by atoms with van der Waals surface area (Å²) in [5.74, 6) is 0. The van der Waals surface area contributed by atoms with Gasteiger partial charge in [-0.15, -0.1) is 0 Å². The van der Waals surface area contributed by atoms with E-state index in [0.29, 0.717) is 13.2 Å². The fourth-order valence-corrected chi connectivity index (χ4v) is 1.93. The average Bonchev–Trinajstić information content (AvgIpc) is 2.02. The lowest BCUT2D eigenvalue weighted by molar-refractivity contribution is 0.00561. The van der Waals surface area contributed by atoms with E-state index in [0.717, 1.165) is 12.8 Å². The lowest BCUT2D eigenvalue weighted by Gasteiger charge is -2.41. The van der Waals surface area contributed by atoms with E-state index >= 15 is 0 Å². The first-order valence-corrected chi connectivity index (χ1v) is 5.03. The van der Waals surface area contributed by atoms with Crippen LogP contribution < -0.4 is 0 Å². The van der Waals surface area contributed by atoms with Gasteiger partial charge in [0.05, 0.1) is 0 Å². The van der Waals surface area contributed by atoms with Crippen molar-refractivity contribution < 1.29 is 14.6 Å². The second-order valence-corrected chi connectivity index (χ2v) is 4.67. The minimum Gasteiger partial charge on any atom is -0.465 e. The number of carboxylic acid groups (broad SMARTS) is 1. The molecular formula is C10H19NO3. The van der Waals surface area contributed by atoms with Gasteiger partial charge in [0.2, 0.25) is 0 Å². The van der Waals surface area contributed by atoms with Gasteiger partial charge >= 0.3 is 6.09 Å². The Bertz CT molecular complexity index is 204. The van der Waals surface area contributed by atoms with Crippen LogP contribution in [0.5, 0.6) is 0 Å². The molecule has 0 bridgehead atoms. The molecule has 0 aromatic carbocycles. The van der Waals surface area contributed by atoms with Crippen molar-refractivity contribution in [3.8, 4) is 0 Å². The van der Waals surface area contributed by atoms with Gasteiger partial charge in [-0.1, -0.05) is 0 Å². The number of nitrogens with zero attached hydrogens (tertiary/aromatic N) is 1. The van der Waals surface area contributed by atoms with Crippen molar-refractivity contribution in [1.82, 2.24) is 4.90 Å². The molecule has 14 heavy (non-hydrogen) atoms. The van der Waals surface area contributed by atoms with Gasteiger partial charge in [-0.2, -0.15) is 0 Å². The van der Waals surface area contributed by atoms with E-state index in [-0.39, 0.29) is 11.6 Å². The molecule has 0 spiro atoms. The van der Waals surface area contributed by atoms with E-state index in [2.05, 4.69) is 0 Å². The third kappa shape index (κ3) is 2.61. The molecule has 0 aromatic heterocycles. The second-order valence-electron chi connectivity index (χ2n) is 4.67. The quantitative estimate of drug-likeness (QED) is 0.705. The monoisotopic (exact) mass is 201 g/mol. The average molecular weight is 201 g/mol. The summed E-state index contributed by atoms with van der Waals surface area (Å²) >= 11 is 0. The zero-order valence-corrected chi connectivity index (χ0v) is 9.12. The smallest absolute Gasteiger partial charge is 0.407 e. The van der Waals surface area contributed by atoms with Crippen LogP contribution in [0.25, 0.3) is 0 Å². The van der Waals surface area contributed by atoms with E-state index in [1.807, 2.05) is 20.8 Å². The van der Waals surface area contributed by atoms with Gasteiger partial charge in [0.25, 0.3) is 0 Å². The molecule has 0 aromatic rings. The molecular weight excluding hydrogens is 182 g/mol. The molecule has 0 atom stereocenters. The fourth-order valence-electron chi connectivity index (χ4n) is 1.93. The molecule has 1 heterocycles. The highest BCUT2D eigenvalue weighted by atomic mass is 16.5. The van der Waals surface area contributed by atoms with Crippen LogP contribution in [-0.2, 0) is 4.74 Å². The molecule has 1 saturated heterocycles. The van der Waals surface area contributed by atoms with E-state index < -0.39 is 6.09 Å². The second kappa shape index (κ2) is 4.17. The Kier molecular flexibility index (Phi) is 3.37. The molecule has 1 aliphatic heterocycles. The van der Waals surface area contributed by atoms with Crippen molar-refractivity contribution in [1.29, 1.82) is 0 Å². The van der Waals surface area contributed by atoms with Crippen LogP contribution in [0.2, 0.25) is 0 Å². The highest BCUT2D eigenvalue weighted by molar-refractivity contribution is 5.66. The third-order valence-electron chi connectivity index (χ3n) is 2.48. The molecule has 1 rings (SSSR count). The number of rotatable bonds is 1. The lowest BCUT2D eigenvalue weighted by atomic mass is 9.99. The maximum Gasteiger partial charge on any atom is 0.407 e. The Balaban J connectivity index is 2.71. The van der Waals surface area contributed by atoms with Crippen molar-refractivity contribution in [3.05, 3.63) is 0 Å². The SMILES string of the molecule is CC(C)(C)N(C(=O)O)C1CCOCC1. The summed E-state index contributed by atoms with van der Waals surface area (Å²) in [5.41, 5.74) is -0.326. The van der Waals surface area contributed by atoms with Crippen molar-refractivity contribution in [2.75, 3.05) is 13.2 Å². The van der Waals surface area contributed by atoms with Crippen LogP contribution in [0, 0.1) is 0 Å². The molecule has 4 heteroatoms. The zero-order chi connectivity index (χ0) is 10.8. The summed E-state index contributed by atoms with van der Waals surface area (Å²) in [6, 6.07) is 0.112. The number of hydrogen-bond donors (Lipinski definition) is 1. The third-order valence-corrected chi connectivity index (χ3v) is 2.48. The van der Waals surface area contributed by atoms with Crippen LogP contribution in [0.3, 0.4) is 0 Å². The molecule has 0 saturated carbocycles. The maximum absolute atomic E-state index is 11.1. The predicted molar refractivity (Wildman–Crippen MR) is 53.5 cm³/mol. The van der Waals surface area contributed by atoms with Gasteiger partial charge in [-0.05, 0) is 33.6 Å². The molecule has 1 N–H and O–H groups in total. The summed E-state index contributed by atoms with van der Waals surface area (Å²) in [6.07, 6.45) is 0.789. The molecule has 1 aliphatic rings. The molecule has 4 nitrogen and oxygen atoms in total. The van der Waals surface area contributed by atoms with E-state index in [9.17, 15) is 4.79 Å². The van der Waals surface area contributed by atoms with E-state index in [1.54, 1.807) is 4.90 Å². The summed E-state index contributed by atoms with van der Waals surface area (Å²) in [4.78, 5) is 12.7. The summed E-state index contributed by atoms with van der Waals surface area (Å²) in [6.45, 7) is 7.12. The van der Waals surface area contributed by atoms with Gasteiger partial charge in [-0.25, -0.2) is 4.79 Å². The first kappa shape index (κ1) is 11.3. The van der Waals surface area contributed by atoms with Crippen molar-refractivity contribution >= 4 is 6.09 Å². The normalized spacial score (nSPS) is 19.4. The van der Waals surface area contributed by atoms with Crippen molar-refractivity contribution in [3.63, 3.8) is 0 Å². The Morgan fingerprint density at radius 3 is 2.21 bits per heavy atom. The van der Waals surface area contributed by atoms with E-state index in [4.69, 9.17) is 9.84 Å². The first-order valence-electron chi connectivity index (χ1n) is 5.03. The topological polar surface area (TPSA) is 49.8 Å². The summed E-state index contributed by atoms with van der Waals surface area (Å²) in [7, 11) is 0. The number of hydrogen-bond acceptors (Lipinski definition) is 2. The van der Waals surface area contributed by atoms with Crippen LogP contribution in [0.4, 0.5) is 4.79 Å². The highest BCUT2D eigenvalue weighted by Gasteiger charge is 2.33. The lowest BCUT2D eigenvalue weighted by Crippen LogP contribution is -2.52. The summed E-state index contributed by atoms with van der Waals surface area (Å²) < 4.78 is 5.22. The standard InChI is InChI=1S/C10H19NO3/c1-10(2,3)11(9(12)13)8-4-6-14-7-5-8/h8H,4-7H2,1-3H3,(H,12,13). The first-order chi connectivity index (χ1) is 6.43. The zero-order valence-electron chi connectivity index (χ0n) is 9.12. The van der Waals surface area contributed by atoms with Crippen molar-refractivity contribution in [2.45, 2.75) is 45.2 Å². The minimum atomic E-state index is -0.829. The molecule has 0 aliphatic carbocycles. The molecule has 1 fully saturated rings. The number of amides is 1. The molecule has 0 unspecified atom stereocenters. The predicted octanol–water partition coefficient (Wildman–Crippen LogP) is 1.94. The van der Waals surface area contributed by atoms with Gasteiger partial charge in [0.1, 0.15) is 0 Å². The van der Waals surface area contributed by atoms with Crippen LogP contribution in [-0.4, -0.2) is 40.9 Å². The largest absolute Gasteiger partial charge is 0.465 e. The van der Waals surface area contributed by atoms with Crippen LogP contribution in [0.1, 0.15) is 33.6 Å². The Morgan fingerprint density at radius 2 is 1.86 bits per heavy atom. The fraction of sp³-hybridized carbons (Fsp3) is 0.900. The van der Waals surface area contributed by atoms with Gasteiger partial charge in [0.15, 0.2) is 0 Å². The minimum absolute atomic E-state index is 0.112. The van der Waals surface area contributed by atoms with Crippen molar-refractivity contribution in [2.24, 2.45) is 0 Å². The van der Waals surface area contributed by atoms with Crippen LogP contribution in [0.15, 0.2) is 0 Å². The Hall–Kier alpha value is -0.770. The maximum atomic E-state index is 11.1. The Labute approximate surface area is 84.8 Å². The van der Waals surface area contributed by atoms with Gasteiger partial charge in [-0.3, -0.25) is 0 Å². The number of ether oxygens (including phenoxy) is 1. The molecule has 1 amide bonds. The summed E-state index contributed by atoms with van der Waals surface area (Å²) in [5, 5.41) is 9.15.